The number of hydrogen-bond donors (Lipinski definition) is 3. The van der Waals surface area contributed by atoms with Crippen LogP contribution in [0.5, 0.6) is 0 Å². The highest BCUT2D eigenvalue weighted by molar-refractivity contribution is 5.91. The van der Waals surface area contributed by atoms with Gasteiger partial charge in [-0.15, -0.1) is 0 Å². The van der Waals surface area contributed by atoms with Crippen LogP contribution in [0.1, 0.15) is 11.1 Å². The predicted octanol–water partition coefficient (Wildman–Crippen LogP) is 2.99. The van der Waals surface area contributed by atoms with Crippen molar-refractivity contribution < 1.29 is 4.79 Å². The van der Waals surface area contributed by atoms with Crippen LogP contribution in [0.15, 0.2) is 64.5 Å². The van der Waals surface area contributed by atoms with Gasteiger partial charge in [0.2, 0.25) is 0 Å². The molecule has 24 heavy (non-hydrogen) atoms. The summed E-state index contributed by atoms with van der Waals surface area (Å²) in [6.07, 6.45) is 1.32. The highest BCUT2D eigenvalue weighted by Crippen LogP contribution is 2.14. The molecule has 3 N–H and O–H groups in total. The van der Waals surface area contributed by atoms with Gasteiger partial charge in [0.1, 0.15) is 0 Å². The average Bonchev–Trinajstić information content (AvgIpc) is 2.57. The van der Waals surface area contributed by atoms with Crippen LogP contribution in [0.2, 0.25) is 0 Å². The number of aromatic amines is 1. The number of aryl methyl sites for hydroxylation is 1. The average molecular weight is 320 g/mol. The summed E-state index contributed by atoms with van der Waals surface area (Å²) in [5, 5.41) is 7.36. The van der Waals surface area contributed by atoms with Gasteiger partial charge >= 0.3 is 6.03 Å². The Hall–Kier alpha value is -3.41. The second-order valence-corrected chi connectivity index (χ2v) is 5.28. The minimum atomic E-state index is -0.481. The zero-order valence-corrected chi connectivity index (χ0v) is 13.0. The standard InChI is InChI=1S/C18H16N4O2/c1-12-6-5-7-13-10-14(17(23)21-16(12)13)11-19-22-18(24)20-15-8-3-2-4-9-15/h2-11H,1H3,(H,21,23)(H2,20,22,24)/b19-11+. The van der Waals surface area contributed by atoms with Crippen molar-refractivity contribution in [2.24, 2.45) is 5.10 Å². The van der Waals surface area contributed by atoms with E-state index in [9.17, 15) is 9.59 Å². The molecule has 6 heteroatoms. The zero-order chi connectivity index (χ0) is 16.9. The van der Waals surface area contributed by atoms with E-state index in [1.54, 1.807) is 18.2 Å². The van der Waals surface area contributed by atoms with Gasteiger partial charge in [-0.05, 0) is 36.1 Å². The van der Waals surface area contributed by atoms with E-state index in [-0.39, 0.29) is 5.56 Å². The number of nitrogens with one attached hydrogen (secondary N) is 3. The van der Waals surface area contributed by atoms with E-state index in [1.165, 1.54) is 6.21 Å². The molecule has 1 aromatic heterocycles. The topological polar surface area (TPSA) is 86.3 Å². The number of rotatable bonds is 3. The molecule has 3 rings (SSSR count). The van der Waals surface area contributed by atoms with Crippen molar-refractivity contribution in [3.05, 3.63) is 76.1 Å². The normalized spacial score (nSPS) is 10.9. The summed E-state index contributed by atoms with van der Waals surface area (Å²) in [5.74, 6) is 0. The summed E-state index contributed by atoms with van der Waals surface area (Å²) in [6, 6.07) is 16.0. The Balaban J connectivity index is 1.72. The van der Waals surface area contributed by atoms with Crippen LogP contribution in [0.4, 0.5) is 10.5 Å². The summed E-state index contributed by atoms with van der Waals surface area (Å²) in [4.78, 5) is 26.6. The molecular formula is C18H16N4O2. The number of pyridine rings is 1. The van der Waals surface area contributed by atoms with Crippen LogP contribution in [-0.2, 0) is 0 Å². The first kappa shape index (κ1) is 15.5. The first-order chi connectivity index (χ1) is 11.6. The van der Waals surface area contributed by atoms with Crippen LogP contribution in [0.3, 0.4) is 0 Å². The molecule has 0 unspecified atom stereocenters. The maximum atomic E-state index is 12.1. The third-order valence-corrected chi connectivity index (χ3v) is 3.52. The number of nitrogens with zero attached hydrogens (tertiary/aromatic N) is 1. The van der Waals surface area contributed by atoms with Crippen molar-refractivity contribution in [2.45, 2.75) is 6.92 Å². The van der Waals surface area contributed by atoms with Crippen LogP contribution in [-0.4, -0.2) is 17.2 Å². The van der Waals surface area contributed by atoms with Gasteiger partial charge in [-0.1, -0.05) is 36.4 Å². The quantitative estimate of drug-likeness (QED) is 0.512. The van der Waals surface area contributed by atoms with Crippen molar-refractivity contribution in [1.82, 2.24) is 10.4 Å². The van der Waals surface area contributed by atoms with Crippen LogP contribution >= 0.6 is 0 Å². The molecule has 0 spiro atoms. The molecule has 0 aliphatic heterocycles. The molecule has 0 bridgehead atoms. The van der Waals surface area contributed by atoms with Gasteiger partial charge in [0, 0.05) is 5.69 Å². The molecule has 2 amide bonds. The number of anilines is 1. The van der Waals surface area contributed by atoms with Crippen molar-refractivity contribution >= 4 is 28.8 Å². The number of para-hydroxylation sites is 2. The summed E-state index contributed by atoms with van der Waals surface area (Å²) in [6.45, 7) is 1.93. The first-order valence-corrected chi connectivity index (χ1v) is 7.41. The molecular weight excluding hydrogens is 304 g/mol. The largest absolute Gasteiger partial charge is 0.339 e. The van der Waals surface area contributed by atoms with E-state index in [0.717, 1.165) is 16.5 Å². The smallest absolute Gasteiger partial charge is 0.321 e. The van der Waals surface area contributed by atoms with E-state index >= 15 is 0 Å². The minimum Gasteiger partial charge on any atom is -0.321 e. The summed E-state index contributed by atoms with van der Waals surface area (Å²) in [7, 11) is 0. The lowest BCUT2D eigenvalue weighted by Gasteiger charge is -2.04. The number of carbonyl (C=O) groups is 1. The van der Waals surface area contributed by atoms with Gasteiger partial charge < -0.3 is 10.3 Å². The van der Waals surface area contributed by atoms with E-state index in [1.807, 2.05) is 43.3 Å². The van der Waals surface area contributed by atoms with Crippen LogP contribution in [0.25, 0.3) is 10.9 Å². The number of hydrazone groups is 1. The Morgan fingerprint density at radius 1 is 1.12 bits per heavy atom. The third-order valence-electron chi connectivity index (χ3n) is 3.52. The summed E-state index contributed by atoms with van der Waals surface area (Å²) < 4.78 is 0. The molecule has 6 nitrogen and oxygen atoms in total. The number of urea groups is 1. The fourth-order valence-electron chi connectivity index (χ4n) is 2.34. The van der Waals surface area contributed by atoms with Gasteiger partial charge in [0.05, 0.1) is 17.3 Å². The van der Waals surface area contributed by atoms with E-state index in [4.69, 9.17) is 0 Å². The number of carbonyl (C=O) groups excluding carboxylic acids is 1. The number of benzene rings is 2. The van der Waals surface area contributed by atoms with Crippen molar-refractivity contribution in [1.29, 1.82) is 0 Å². The van der Waals surface area contributed by atoms with Gasteiger partial charge in [-0.25, -0.2) is 10.2 Å². The maximum absolute atomic E-state index is 12.1. The number of H-pyrrole nitrogens is 1. The maximum Gasteiger partial charge on any atom is 0.339 e. The van der Waals surface area contributed by atoms with Gasteiger partial charge in [-0.2, -0.15) is 5.10 Å². The first-order valence-electron chi connectivity index (χ1n) is 7.41. The molecule has 120 valence electrons. The van der Waals surface area contributed by atoms with Crippen LogP contribution < -0.4 is 16.3 Å². The number of fused-ring (bicyclic) bond motifs is 1. The minimum absolute atomic E-state index is 0.259. The molecule has 0 aliphatic rings. The summed E-state index contributed by atoms with van der Waals surface area (Å²) >= 11 is 0. The lowest BCUT2D eigenvalue weighted by atomic mass is 10.1. The third kappa shape index (κ3) is 3.49. The number of amides is 2. The molecule has 0 saturated carbocycles. The van der Waals surface area contributed by atoms with Gasteiger partial charge in [0.15, 0.2) is 0 Å². The van der Waals surface area contributed by atoms with E-state index < -0.39 is 6.03 Å². The molecule has 0 aliphatic carbocycles. The molecule has 0 atom stereocenters. The number of aromatic nitrogens is 1. The summed E-state index contributed by atoms with van der Waals surface area (Å²) in [5.41, 5.74) is 4.89. The fourth-order valence-corrected chi connectivity index (χ4v) is 2.34. The predicted molar refractivity (Wildman–Crippen MR) is 95.5 cm³/mol. The van der Waals surface area contributed by atoms with Crippen molar-refractivity contribution in [3.8, 4) is 0 Å². The Morgan fingerprint density at radius 3 is 2.71 bits per heavy atom. The van der Waals surface area contributed by atoms with E-state index in [2.05, 4.69) is 20.8 Å². The fraction of sp³-hybridized carbons (Fsp3) is 0.0556. The van der Waals surface area contributed by atoms with Crippen molar-refractivity contribution in [3.63, 3.8) is 0 Å². The Kier molecular flexibility index (Phi) is 4.38. The van der Waals surface area contributed by atoms with Crippen molar-refractivity contribution in [2.75, 3.05) is 5.32 Å². The van der Waals surface area contributed by atoms with Gasteiger partial charge in [-0.3, -0.25) is 4.79 Å². The Bertz CT molecular complexity index is 962. The van der Waals surface area contributed by atoms with E-state index in [0.29, 0.717) is 11.3 Å². The highest BCUT2D eigenvalue weighted by atomic mass is 16.2. The molecule has 1 heterocycles. The number of hydrogen-bond acceptors (Lipinski definition) is 3. The highest BCUT2D eigenvalue weighted by Gasteiger charge is 2.03. The lowest BCUT2D eigenvalue weighted by molar-refractivity contribution is 0.252. The SMILES string of the molecule is Cc1cccc2cc(/C=N/NC(=O)Nc3ccccc3)c(=O)[nH]c12. The Labute approximate surface area is 138 Å². The molecule has 2 aromatic carbocycles. The van der Waals surface area contributed by atoms with Gasteiger partial charge in [0.25, 0.3) is 5.56 Å². The lowest BCUT2D eigenvalue weighted by Crippen LogP contribution is -2.24. The van der Waals surface area contributed by atoms with Crippen LogP contribution in [0, 0.1) is 6.92 Å². The molecule has 0 saturated heterocycles. The molecule has 0 radical (unpaired) electrons. The Morgan fingerprint density at radius 2 is 1.92 bits per heavy atom. The second-order valence-electron chi connectivity index (χ2n) is 5.28. The zero-order valence-electron chi connectivity index (χ0n) is 13.0. The second kappa shape index (κ2) is 6.78. The molecule has 3 aromatic rings. The monoisotopic (exact) mass is 320 g/mol. The molecule has 0 fully saturated rings.